The highest BCUT2D eigenvalue weighted by Gasteiger charge is 2.56. The first-order valence-corrected chi connectivity index (χ1v) is 9.08. The predicted octanol–water partition coefficient (Wildman–Crippen LogP) is -0.842. The highest BCUT2D eigenvalue weighted by molar-refractivity contribution is 5.94. The average molecular weight is 386 g/mol. The van der Waals surface area contributed by atoms with Gasteiger partial charge in [-0.15, -0.1) is 5.10 Å². The molecule has 2 fully saturated rings. The van der Waals surface area contributed by atoms with Crippen LogP contribution in [0.4, 0.5) is 0 Å². The van der Waals surface area contributed by atoms with E-state index in [1.54, 1.807) is 0 Å². The van der Waals surface area contributed by atoms with Gasteiger partial charge in [0.25, 0.3) is 5.91 Å². The van der Waals surface area contributed by atoms with E-state index in [-0.39, 0.29) is 24.1 Å². The maximum absolute atomic E-state index is 12.7. The molecule has 28 heavy (non-hydrogen) atoms. The van der Waals surface area contributed by atoms with E-state index in [1.807, 2.05) is 30.3 Å². The number of aliphatic hydroxyl groups is 1. The van der Waals surface area contributed by atoms with E-state index in [0.717, 1.165) is 5.69 Å². The number of rotatable bonds is 5. The quantitative estimate of drug-likeness (QED) is 0.527. The van der Waals surface area contributed by atoms with Crippen LogP contribution in [0.3, 0.4) is 0 Å². The molecule has 10 nitrogen and oxygen atoms in total. The number of carbonyl (C=O) groups excluding carboxylic acids is 2. The third kappa shape index (κ3) is 3.37. The number of hydrogen-bond acceptors (Lipinski definition) is 7. The third-order valence-corrected chi connectivity index (χ3v) is 5.09. The summed E-state index contributed by atoms with van der Waals surface area (Å²) in [6.07, 6.45) is 2.02. The van der Waals surface area contributed by atoms with Gasteiger partial charge in [-0.3, -0.25) is 14.9 Å². The molecule has 2 amide bonds. The molecule has 4 N–H and O–H groups in total. The van der Waals surface area contributed by atoms with Crippen LogP contribution in [0, 0.1) is 5.92 Å². The minimum absolute atomic E-state index is 0.0138. The summed E-state index contributed by atoms with van der Waals surface area (Å²) in [7, 11) is 0. The zero-order valence-corrected chi connectivity index (χ0v) is 15.4. The molecule has 0 saturated carbocycles. The van der Waals surface area contributed by atoms with Crippen molar-refractivity contribution >= 4 is 11.8 Å². The lowest BCUT2D eigenvalue weighted by Crippen LogP contribution is -2.62. The molecule has 2 aliphatic rings. The fraction of sp³-hybridized carbons (Fsp3) is 0.444. The number of carbonyl (C=O) groups is 2. The Morgan fingerprint density at radius 3 is 2.86 bits per heavy atom. The number of hydrogen-bond donors (Lipinski definition) is 4. The highest BCUT2D eigenvalue weighted by atomic mass is 16.5. The molecule has 3 unspecified atom stereocenters. The van der Waals surface area contributed by atoms with Crippen molar-refractivity contribution in [1.29, 1.82) is 0 Å². The summed E-state index contributed by atoms with van der Waals surface area (Å²) in [5, 5.41) is 26.7. The van der Waals surface area contributed by atoms with Gasteiger partial charge in [-0.05, 0) is 25.5 Å². The summed E-state index contributed by atoms with van der Waals surface area (Å²) in [5.41, 5.74) is -0.300. The molecule has 10 heteroatoms. The van der Waals surface area contributed by atoms with E-state index in [4.69, 9.17) is 4.74 Å². The molecule has 4 rings (SSSR count). The number of nitrogens with one attached hydrogen (secondary N) is 3. The molecular formula is C18H22N6O4. The molecule has 0 bridgehead atoms. The molecule has 2 aliphatic heterocycles. The molecule has 3 heterocycles. The largest absolute Gasteiger partial charge is 0.381 e. The van der Waals surface area contributed by atoms with Crippen molar-refractivity contribution in [3.8, 4) is 5.69 Å². The van der Waals surface area contributed by atoms with Gasteiger partial charge in [-0.2, -0.15) is 9.90 Å². The topological polar surface area (TPSA) is 130 Å². The zero-order chi connectivity index (χ0) is 19.8. The van der Waals surface area contributed by atoms with Crippen LogP contribution < -0.4 is 16.0 Å². The maximum Gasteiger partial charge on any atom is 0.273 e. The number of aromatic nitrogens is 3. The van der Waals surface area contributed by atoms with Crippen LogP contribution in [0.25, 0.3) is 5.69 Å². The molecule has 2 aromatic rings. The van der Waals surface area contributed by atoms with E-state index < -0.39 is 17.3 Å². The second-order valence-electron chi connectivity index (χ2n) is 7.22. The first kappa shape index (κ1) is 18.5. The normalized spacial score (nSPS) is 29.6. The van der Waals surface area contributed by atoms with Crippen molar-refractivity contribution in [3.05, 3.63) is 42.2 Å². The lowest BCUT2D eigenvalue weighted by atomic mass is 9.83. The summed E-state index contributed by atoms with van der Waals surface area (Å²) < 4.78 is 5.41. The van der Waals surface area contributed by atoms with Gasteiger partial charge >= 0.3 is 0 Å². The first-order valence-electron chi connectivity index (χ1n) is 9.08. The van der Waals surface area contributed by atoms with Crippen LogP contribution in [0.1, 0.15) is 23.8 Å². The van der Waals surface area contributed by atoms with Crippen molar-refractivity contribution in [3.63, 3.8) is 0 Å². The first-order chi connectivity index (χ1) is 13.4. The van der Waals surface area contributed by atoms with Crippen molar-refractivity contribution < 1.29 is 19.4 Å². The van der Waals surface area contributed by atoms with Gasteiger partial charge in [0, 0.05) is 19.1 Å². The van der Waals surface area contributed by atoms with E-state index >= 15 is 0 Å². The maximum atomic E-state index is 12.7. The second kappa shape index (κ2) is 6.97. The van der Waals surface area contributed by atoms with Crippen LogP contribution in [0.5, 0.6) is 0 Å². The highest BCUT2D eigenvalue weighted by Crippen LogP contribution is 2.31. The molecule has 1 aromatic carbocycles. The summed E-state index contributed by atoms with van der Waals surface area (Å²) >= 11 is 0. The van der Waals surface area contributed by atoms with Crippen LogP contribution in [-0.4, -0.2) is 63.1 Å². The van der Waals surface area contributed by atoms with Crippen molar-refractivity contribution in [2.24, 2.45) is 5.92 Å². The molecule has 1 aromatic heterocycles. The Bertz CT molecular complexity index is 877. The summed E-state index contributed by atoms with van der Waals surface area (Å²) in [6.45, 7) is 2.34. The molecule has 2 saturated heterocycles. The SMILES string of the molecule is CC1(O)NC(=O)C(CNC(=O)c2cnn(-c3ccccc3)n2)(C2CCOC2)N1. The fourth-order valence-corrected chi connectivity index (χ4v) is 3.70. The Morgan fingerprint density at radius 2 is 2.21 bits per heavy atom. The molecule has 0 spiro atoms. The van der Waals surface area contributed by atoms with Gasteiger partial charge in [0.05, 0.1) is 18.5 Å². The lowest BCUT2D eigenvalue weighted by Gasteiger charge is -2.33. The Balaban J connectivity index is 1.49. The number of amides is 2. The van der Waals surface area contributed by atoms with Gasteiger partial charge in [0.2, 0.25) is 5.91 Å². The average Bonchev–Trinajstić information content (AvgIpc) is 3.40. The van der Waals surface area contributed by atoms with E-state index in [9.17, 15) is 14.7 Å². The Labute approximate surface area is 161 Å². The summed E-state index contributed by atoms with van der Waals surface area (Å²) in [6, 6.07) is 9.23. The lowest BCUT2D eigenvalue weighted by molar-refractivity contribution is -0.126. The summed E-state index contributed by atoms with van der Waals surface area (Å²) in [5.74, 6) is -2.56. The number of benzene rings is 1. The van der Waals surface area contributed by atoms with Crippen molar-refractivity contribution in [2.45, 2.75) is 24.7 Å². The van der Waals surface area contributed by atoms with Gasteiger partial charge in [-0.1, -0.05) is 18.2 Å². The smallest absolute Gasteiger partial charge is 0.273 e. The third-order valence-electron chi connectivity index (χ3n) is 5.09. The van der Waals surface area contributed by atoms with Crippen LogP contribution in [0.15, 0.2) is 36.5 Å². The Hall–Kier alpha value is -2.82. The van der Waals surface area contributed by atoms with Crippen LogP contribution in [0.2, 0.25) is 0 Å². The van der Waals surface area contributed by atoms with Crippen LogP contribution in [-0.2, 0) is 9.53 Å². The Morgan fingerprint density at radius 1 is 1.43 bits per heavy atom. The van der Waals surface area contributed by atoms with Crippen molar-refractivity contribution in [2.75, 3.05) is 19.8 Å². The van der Waals surface area contributed by atoms with E-state index in [0.29, 0.717) is 19.6 Å². The second-order valence-corrected chi connectivity index (χ2v) is 7.22. The summed E-state index contributed by atoms with van der Waals surface area (Å²) in [4.78, 5) is 26.6. The van der Waals surface area contributed by atoms with E-state index in [1.165, 1.54) is 17.9 Å². The number of ether oxygens (including phenoxy) is 1. The Kier molecular flexibility index (Phi) is 4.61. The fourth-order valence-electron chi connectivity index (χ4n) is 3.70. The molecule has 3 atom stereocenters. The minimum Gasteiger partial charge on any atom is -0.381 e. The standard InChI is InChI=1S/C18H22N6O4/c1-17(27)21-16(26)18(23-17,12-7-8-28-10-12)11-19-15(25)14-9-20-24(22-14)13-5-3-2-4-6-13/h2-6,9,12,23,27H,7-8,10-11H2,1H3,(H,19,25)(H,21,26). The predicted molar refractivity (Wildman–Crippen MR) is 97.3 cm³/mol. The van der Waals surface area contributed by atoms with Gasteiger partial charge in [0.15, 0.2) is 11.5 Å². The number of para-hydroxylation sites is 1. The van der Waals surface area contributed by atoms with E-state index in [2.05, 4.69) is 26.1 Å². The van der Waals surface area contributed by atoms with Crippen molar-refractivity contribution in [1.82, 2.24) is 30.9 Å². The van der Waals surface area contributed by atoms with Gasteiger partial charge in [0.1, 0.15) is 5.54 Å². The molecule has 148 valence electrons. The molecular weight excluding hydrogens is 364 g/mol. The van der Waals surface area contributed by atoms with Gasteiger partial charge in [-0.25, -0.2) is 0 Å². The number of nitrogens with zero attached hydrogens (tertiary/aromatic N) is 3. The molecule has 0 radical (unpaired) electrons. The molecule has 0 aliphatic carbocycles. The zero-order valence-electron chi connectivity index (χ0n) is 15.4. The van der Waals surface area contributed by atoms with Crippen LogP contribution >= 0.6 is 0 Å². The van der Waals surface area contributed by atoms with Gasteiger partial charge < -0.3 is 20.5 Å². The minimum atomic E-state index is -1.55. The monoisotopic (exact) mass is 386 g/mol.